The molecule has 0 fully saturated rings. The van der Waals surface area contributed by atoms with Crippen molar-refractivity contribution < 1.29 is 9.59 Å². The molecule has 0 aromatic heterocycles. The summed E-state index contributed by atoms with van der Waals surface area (Å²) < 4.78 is 0. The van der Waals surface area contributed by atoms with Crippen LogP contribution < -0.4 is 10.6 Å². The van der Waals surface area contributed by atoms with E-state index in [1.54, 1.807) is 12.1 Å². The van der Waals surface area contributed by atoms with Gasteiger partial charge in [0, 0.05) is 23.5 Å². The van der Waals surface area contributed by atoms with Gasteiger partial charge in [0.1, 0.15) is 0 Å². The summed E-state index contributed by atoms with van der Waals surface area (Å²) in [6.07, 6.45) is 2.73. The average molecular weight is 458 g/mol. The summed E-state index contributed by atoms with van der Waals surface area (Å²) in [5.74, 6) is -0.198. The largest absolute Gasteiger partial charge is 0.352 e. The molecule has 0 atom stereocenters. The van der Waals surface area contributed by atoms with E-state index in [0.29, 0.717) is 17.0 Å². The fourth-order valence-corrected chi connectivity index (χ4v) is 4.56. The number of hydrogen-bond acceptors (Lipinski definition) is 4. The molecule has 0 aliphatic carbocycles. The average Bonchev–Trinajstić information content (AvgIpc) is 2.83. The number of para-hydroxylation sites is 1. The second-order valence-electron chi connectivity index (χ2n) is 8.02. The van der Waals surface area contributed by atoms with E-state index in [1.807, 2.05) is 60.7 Å². The number of benzene rings is 3. The third-order valence-electron chi connectivity index (χ3n) is 5.35. The Morgan fingerprint density at radius 2 is 1.73 bits per heavy atom. The first kappa shape index (κ1) is 22.8. The lowest BCUT2D eigenvalue weighted by molar-refractivity contribution is -0.112. The van der Waals surface area contributed by atoms with Gasteiger partial charge < -0.3 is 15.5 Å². The molecule has 5 nitrogen and oxygen atoms in total. The number of thioether (sulfide) groups is 1. The Hall–Kier alpha value is -3.35. The highest BCUT2D eigenvalue weighted by molar-refractivity contribution is 8.04. The Morgan fingerprint density at radius 3 is 2.52 bits per heavy atom. The second-order valence-corrected chi connectivity index (χ2v) is 9.10. The molecule has 0 radical (unpaired) electrons. The smallest absolute Gasteiger partial charge is 0.262 e. The zero-order valence-corrected chi connectivity index (χ0v) is 19.4. The summed E-state index contributed by atoms with van der Waals surface area (Å²) in [6, 6.07) is 25.4. The van der Waals surface area contributed by atoms with E-state index < -0.39 is 0 Å². The summed E-state index contributed by atoms with van der Waals surface area (Å²) in [4.78, 5) is 28.7. The molecule has 2 amide bonds. The highest BCUT2D eigenvalue weighted by atomic mass is 32.2. The first-order valence-electron chi connectivity index (χ1n) is 11.0. The molecule has 1 aliphatic heterocycles. The van der Waals surface area contributed by atoms with E-state index in [-0.39, 0.29) is 11.8 Å². The number of nitrogens with zero attached hydrogens (tertiary/aromatic N) is 1. The normalized spacial score (nSPS) is 14.1. The van der Waals surface area contributed by atoms with Crippen molar-refractivity contribution in [3.63, 3.8) is 0 Å². The number of nitrogens with one attached hydrogen (secondary N) is 2. The van der Waals surface area contributed by atoms with Crippen molar-refractivity contribution >= 4 is 35.3 Å². The molecule has 6 heteroatoms. The summed E-state index contributed by atoms with van der Waals surface area (Å²) in [6.45, 7) is 2.43. The van der Waals surface area contributed by atoms with Crippen molar-refractivity contribution in [1.29, 1.82) is 0 Å². The predicted octanol–water partition coefficient (Wildman–Crippen LogP) is 5.02. The van der Waals surface area contributed by atoms with Gasteiger partial charge >= 0.3 is 0 Å². The van der Waals surface area contributed by atoms with Gasteiger partial charge in [-0.2, -0.15) is 0 Å². The first-order valence-corrected chi connectivity index (χ1v) is 11.8. The van der Waals surface area contributed by atoms with E-state index in [0.717, 1.165) is 35.7 Å². The third kappa shape index (κ3) is 6.34. The Labute approximate surface area is 198 Å². The van der Waals surface area contributed by atoms with Gasteiger partial charge in [-0.1, -0.05) is 66.4 Å². The fraction of sp³-hybridized carbons (Fsp3) is 0.185. The van der Waals surface area contributed by atoms with Crippen LogP contribution in [0.3, 0.4) is 0 Å². The monoisotopic (exact) mass is 457 g/mol. The maximum Gasteiger partial charge on any atom is 0.262 e. The van der Waals surface area contributed by atoms with Crippen molar-refractivity contribution in [2.45, 2.75) is 17.9 Å². The lowest BCUT2D eigenvalue weighted by atomic mass is 10.1. The minimum absolute atomic E-state index is 0.0846. The molecule has 0 bridgehead atoms. The van der Waals surface area contributed by atoms with Crippen molar-refractivity contribution in [2.24, 2.45) is 0 Å². The maximum absolute atomic E-state index is 12.5. The molecule has 0 saturated heterocycles. The molecular weight excluding hydrogens is 430 g/mol. The standard InChI is InChI=1S/C27H27N3O2S/c1-30(19-21-8-3-2-4-9-21)17-7-16-28-26(31)22-14-12-20(13-15-22)18-25-27(32)29-23-10-5-6-11-24(23)33-25/h2-6,8-15,18H,7,16-17,19H2,1H3,(H,28,31)(H,29,32). The molecule has 2 N–H and O–H groups in total. The van der Waals surface area contributed by atoms with Crippen LogP contribution in [0.4, 0.5) is 5.69 Å². The van der Waals surface area contributed by atoms with E-state index in [1.165, 1.54) is 17.3 Å². The summed E-state index contributed by atoms with van der Waals surface area (Å²) >= 11 is 1.45. The van der Waals surface area contributed by atoms with Crippen LogP contribution in [0, 0.1) is 0 Å². The summed E-state index contributed by atoms with van der Waals surface area (Å²) in [5, 5.41) is 5.90. The third-order valence-corrected chi connectivity index (χ3v) is 6.45. The van der Waals surface area contributed by atoms with Gasteiger partial charge in [-0.3, -0.25) is 9.59 Å². The highest BCUT2D eigenvalue weighted by Gasteiger charge is 2.20. The summed E-state index contributed by atoms with van der Waals surface area (Å²) in [5.41, 5.74) is 3.61. The second kappa shape index (κ2) is 11.0. The zero-order valence-electron chi connectivity index (χ0n) is 18.6. The molecule has 0 spiro atoms. The van der Waals surface area contributed by atoms with Crippen LogP contribution >= 0.6 is 11.8 Å². The molecule has 33 heavy (non-hydrogen) atoms. The highest BCUT2D eigenvalue weighted by Crippen LogP contribution is 2.38. The minimum atomic E-state index is -0.113. The van der Waals surface area contributed by atoms with Gasteiger partial charge in [-0.15, -0.1) is 0 Å². The molecule has 1 aliphatic rings. The molecular formula is C27H27N3O2S. The topological polar surface area (TPSA) is 61.4 Å². The Balaban J connectivity index is 1.25. The maximum atomic E-state index is 12.5. The van der Waals surface area contributed by atoms with Crippen LogP contribution in [-0.4, -0.2) is 36.9 Å². The van der Waals surface area contributed by atoms with Crippen LogP contribution in [0.5, 0.6) is 0 Å². The minimum Gasteiger partial charge on any atom is -0.352 e. The van der Waals surface area contributed by atoms with Crippen LogP contribution in [0.15, 0.2) is 88.7 Å². The van der Waals surface area contributed by atoms with Gasteiger partial charge in [-0.25, -0.2) is 0 Å². The van der Waals surface area contributed by atoms with E-state index in [9.17, 15) is 9.59 Å². The fourth-order valence-electron chi connectivity index (χ4n) is 3.61. The number of hydrogen-bond donors (Lipinski definition) is 2. The molecule has 3 aromatic rings. The van der Waals surface area contributed by atoms with Gasteiger partial charge in [0.15, 0.2) is 0 Å². The number of anilines is 1. The summed E-state index contributed by atoms with van der Waals surface area (Å²) in [7, 11) is 2.09. The number of fused-ring (bicyclic) bond motifs is 1. The van der Waals surface area contributed by atoms with Crippen molar-refractivity contribution in [3.8, 4) is 0 Å². The molecule has 0 saturated carbocycles. The van der Waals surface area contributed by atoms with Gasteiger partial charge in [0.25, 0.3) is 11.8 Å². The lowest BCUT2D eigenvalue weighted by Gasteiger charge is -2.18. The predicted molar refractivity (Wildman–Crippen MR) is 135 cm³/mol. The van der Waals surface area contributed by atoms with E-state index in [4.69, 9.17) is 0 Å². The van der Waals surface area contributed by atoms with Crippen molar-refractivity contribution in [3.05, 3.63) is 100 Å². The van der Waals surface area contributed by atoms with E-state index >= 15 is 0 Å². The molecule has 3 aromatic carbocycles. The van der Waals surface area contributed by atoms with Gasteiger partial charge in [-0.05, 0) is 61.5 Å². The van der Waals surface area contributed by atoms with E-state index in [2.05, 4.69) is 34.7 Å². The van der Waals surface area contributed by atoms with Gasteiger partial charge in [0.05, 0.1) is 10.6 Å². The number of amides is 2. The molecule has 0 unspecified atom stereocenters. The Bertz CT molecular complexity index is 1140. The molecule has 1 heterocycles. The van der Waals surface area contributed by atoms with Crippen LogP contribution in [0.1, 0.15) is 27.9 Å². The Kier molecular flexibility index (Phi) is 7.60. The van der Waals surface area contributed by atoms with Crippen LogP contribution in [0.2, 0.25) is 0 Å². The molecule has 4 rings (SSSR count). The van der Waals surface area contributed by atoms with Crippen molar-refractivity contribution in [2.75, 3.05) is 25.5 Å². The van der Waals surface area contributed by atoms with Crippen LogP contribution in [-0.2, 0) is 11.3 Å². The lowest BCUT2D eigenvalue weighted by Crippen LogP contribution is -2.28. The zero-order chi connectivity index (χ0) is 23.0. The number of rotatable bonds is 8. The molecule has 168 valence electrons. The Morgan fingerprint density at radius 1 is 1.00 bits per heavy atom. The first-order chi connectivity index (χ1) is 16.1. The van der Waals surface area contributed by atoms with Crippen molar-refractivity contribution in [1.82, 2.24) is 10.2 Å². The number of carbonyl (C=O) groups excluding carboxylic acids is 2. The quantitative estimate of drug-likeness (QED) is 0.368. The van der Waals surface area contributed by atoms with Crippen LogP contribution in [0.25, 0.3) is 6.08 Å². The van der Waals surface area contributed by atoms with Gasteiger partial charge in [0.2, 0.25) is 0 Å². The number of carbonyl (C=O) groups is 2. The SMILES string of the molecule is CN(CCCNC(=O)c1ccc(C=C2Sc3ccccc3NC2=O)cc1)Cc1ccccc1.